The highest BCUT2D eigenvalue weighted by atomic mass is 79.9. The minimum Gasteiger partial charge on any atom is -0.463 e. The van der Waals surface area contributed by atoms with Crippen LogP contribution < -0.4 is 10.5 Å². The molecule has 0 radical (unpaired) electrons. The van der Waals surface area contributed by atoms with Crippen molar-refractivity contribution in [3.05, 3.63) is 48.3 Å². The number of benzene rings is 1. The summed E-state index contributed by atoms with van der Waals surface area (Å²) in [5.74, 6) is -2.53. The average Bonchev–Trinajstić information content (AvgIpc) is 2.81. The Labute approximate surface area is 237 Å². The molecule has 2 aromatic rings. The van der Waals surface area contributed by atoms with Crippen molar-refractivity contribution in [3.8, 4) is 0 Å². The Kier molecular flexibility index (Phi) is 10.7. The Bertz CT molecular complexity index is 1290. The van der Waals surface area contributed by atoms with Crippen LogP contribution in [0.3, 0.4) is 0 Å². The van der Waals surface area contributed by atoms with E-state index in [2.05, 4.69) is 36.8 Å². The summed E-state index contributed by atoms with van der Waals surface area (Å²) >= 11 is 5.12. The fraction of sp³-hybridized carbons (Fsp3) is 0.500. The van der Waals surface area contributed by atoms with Crippen molar-refractivity contribution >= 4 is 49.5 Å². The van der Waals surface area contributed by atoms with Gasteiger partial charge >= 0.3 is 24.5 Å². The molecule has 7 nitrogen and oxygen atoms in total. The van der Waals surface area contributed by atoms with Crippen molar-refractivity contribution in [2.24, 2.45) is 0 Å². The Morgan fingerprint density at radius 1 is 1.00 bits per heavy atom. The van der Waals surface area contributed by atoms with Crippen LogP contribution in [-0.2, 0) is 39.3 Å². The molecule has 0 saturated heterocycles. The van der Waals surface area contributed by atoms with Crippen molar-refractivity contribution < 1.29 is 53.8 Å². The van der Waals surface area contributed by atoms with Gasteiger partial charge in [0.2, 0.25) is 12.2 Å². The van der Waals surface area contributed by atoms with Crippen molar-refractivity contribution in [3.63, 3.8) is 0 Å². The Balaban J connectivity index is 3.21. The molecule has 0 aliphatic rings. The lowest BCUT2D eigenvalue weighted by molar-refractivity contribution is -0.154. The van der Waals surface area contributed by atoms with Gasteiger partial charge in [-0.15, -0.1) is 0 Å². The van der Waals surface area contributed by atoms with Crippen molar-refractivity contribution in [1.29, 1.82) is 0 Å². The van der Waals surface area contributed by atoms with E-state index >= 15 is 0 Å². The normalized spacial score (nSPS) is 13.3. The number of hydrogen-bond donors (Lipinski definition) is 0. The maximum Gasteiger partial charge on any atom is 0.434 e. The van der Waals surface area contributed by atoms with Crippen molar-refractivity contribution in [1.82, 2.24) is 9.55 Å². The number of carbonyl (C=O) groups is 1. The molecule has 1 aromatic carbocycles. The van der Waals surface area contributed by atoms with Gasteiger partial charge in [0.25, 0.3) is 5.56 Å². The maximum absolute atomic E-state index is 13.9. The minimum absolute atomic E-state index is 0.120. The fourth-order valence-electron chi connectivity index (χ4n) is 3.42. The van der Waals surface area contributed by atoms with E-state index in [0.717, 1.165) is 7.11 Å². The summed E-state index contributed by atoms with van der Waals surface area (Å²) < 4.78 is 133. The van der Waals surface area contributed by atoms with Crippen LogP contribution in [0.4, 0.5) is 51.1 Å². The van der Waals surface area contributed by atoms with E-state index < -0.39 is 73.7 Å². The molecule has 0 spiro atoms. The highest BCUT2D eigenvalue weighted by molar-refractivity contribution is 9.11. The van der Waals surface area contributed by atoms with Gasteiger partial charge in [0.15, 0.2) is 5.69 Å². The summed E-state index contributed by atoms with van der Waals surface area (Å²) in [6.07, 6.45) is -17.9. The summed E-state index contributed by atoms with van der Waals surface area (Å²) in [4.78, 5) is 29.5. The lowest BCUT2D eigenvalue weighted by Gasteiger charge is -2.33. The second-order valence-electron chi connectivity index (χ2n) is 7.95. The third kappa shape index (κ3) is 7.29. The van der Waals surface area contributed by atoms with Gasteiger partial charge < -0.3 is 9.47 Å². The molecule has 224 valence electrons. The van der Waals surface area contributed by atoms with Gasteiger partial charge in [-0.3, -0.25) is 14.3 Å². The fourth-order valence-corrected chi connectivity index (χ4v) is 4.60. The van der Waals surface area contributed by atoms with Crippen LogP contribution in [0, 0.1) is 0 Å². The highest BCUT2D eigenvalue weighted by Crippen LogP contribution is 2.46. The SMILES string of the molecule is CCCCn1c(N(c2cc(C(F)(F)F)cc(C(F)(F)F)c2Br)C(OC)C(=O)OCC)nc(C(F)(F)F)c(Br)c1=O. The van der Waals surface area contributed by atoms with Gasteiger partial charge in [-0.05, 0) is 57.3 Å². The van der Waals surface area contributed by atoms with Crippen molar-refractivity contribution in [2.45, 2.75) is 58.0 Å². The number of aromatic nitrogens is 2. The first kappa shape index (κ1) is 33.9. The summed E-state index contributed by atoms with van der Waals surface area (Å²) in [7, 11) is 0.804. The molecule has 1 unspecified atom stereocenters. The van der Waals surface area contributed by atoms with E-state index in [9.17, 15) is 49.1 Å². The number of methoxy groups -OCH3 is 1. The zero-order valence-electron chi connectivity index (χ0n) is 20.7. The number of halogens is 11. The number of esters is 1. The maximum atomic E-state index is 13.9. The molecule has 0 amide bonds. The Hall–Kier alpha value is -2.34. The van der Waals surface area contributed by atoms with E-state index in [1.54, 1.807) is 6.92 Å². The van der Waals surface area contributed by atoms with Gasteiger partial charge in [-0.1, -0.05) is 13.3 Å². The van der Waals surface area contributed by atoms with Gasteiger partial charge in [0.05, 0.1) is 27.9 Å². The molecule has 0 saturated carbocycles. The van der Waals surface area contributed by atoms with Crippen LogP contribution >= 0.6 is 31.9 Å². The van der Waals surface area contributed by atoms with Crippen LogP contribution in [0.15, 0.2) is 25.9 Å². The molecular weight excluding hydrogens is 701 g/mol. The van der Waals surface area contributed by atoms with Crippen LogP contribution in [0.2, 0.25) is 0 Å². The van der Waals surface area contributed by atoms with E-state index in [-0.39, 0.29) is 36.6 Å². The number of rotatable bonds is 9. The zero-order valence-corrected chi connectivity index (χ0v) is 23.9. The number of hydrogen-bond acceptors (Lipinski definition) is 6. The largest absolute Gasteiger partial charge is 0.463 e. The summed E-state index contributed by atoms with van der Waals surface area (Å²) in [6.45, 7) is 2.22. The average molecular weight is 721 g/mol. The first-order chi connectivity index (χ1) is 18.3. The predicted molar refractivity (Wildman–Crippen MR) is 130 cm³/mol. The second-order valence-corrected chi connectivity index (χ2v) is 9.53. The molecule has 0 fully saturated rings. The lowest BCUT2D eigenvalue weighted by atomic mass is 10.1. The summed E-state index contributed by atoms with van der Waals surface area (Å²) in [6, 6.07) is -0.0750. The third-order valence-corrected chi connectivity index (χ3v) is 6.75. The first-order valence-corrected chi connectivity index (χ1v) is 12.7. The number of alkyl halides is 9. The minimum atomic E-state index is -5.40. The van der Waals surface area contributed by atoms with E-state index in [1.165, 1.54) is 6.92 Å². The molecule has 1 heterocycles. The van der Waals surface area contributed by atoms with Gasteiger partial charge in [-0.25, -0.2) is 9.78 Å². The van der Waals surface area contributed by atoms with Crippen LogP contribution in [0.25, 0.3) is 0 Å². The highest BCUT2D eigenvalue weighted by Gasteiger charge is 2.44. The molecule has 0 N–H and O–H groups in total. The van der Waals surface area contributed by atoms with E-state index in [1.807, 2.05) is 0 Å². The number of anilines is 2. The Morgan fingerprint density at radius 2 is 1.60 bits per heavy atom. The Morgan fingerprint density at radius 3 is 2.05 bits per heavy atom. The lowest BCUT2D eigenvalue weighted by Crippen LogP contribution is -2.45. The van der Waals surface area contributed by atoms with Crippen molar-refractivity contribution in [2.75, 3.05) is 18.6 Å². The molecule has 1 atom stereocenters. The summed E-state index contributed by atoms with van der Waals surface area (Å²) in [5, 5.41) is 0. The predicted octanol–water partition coefficient (Wildman–Crippen LogP) is 7.30. The van der Waals surface area contributed by atoms with Crippen LogP contribution in [-0.4, -0.2) is 35.5 Å². The van der Waals surface area contributed by atoms with Gasteiger partial charge in [0.1, 0.15) is 4.47 Å². The van der Waals surface area contributed by atoms with Gasteiger partial charge in [0, 0.05) is 13.7 Å². The molecule has 1 aromatic heterocycles. The topological polar surface area (TPSA) is 73.7 Å². The molecule has 0 aliphatic heterocycles. The molecule has 18 heteroatoms. The van der Waals surface area contributed by atoms with E-state index in [0.29, 0.717) is 11.0 Å². The first-order valence-electron chi connectivity index (χ1n) is 11.1. The monoisotopic (exact) mass is 719 g/mol. The molecule has 0 bridgehead atoms. The second kappa shape index (κ2) is 12.7. The molecule has 40 heavy (non-hydrogen) atoms. The van der Waals surface area contributed by atoms with Crippen LogP contribution in [0.5, 0.6) is 0 Å². The smallest absolute Gasteiger partial charge is 0.434 e. The van der Waals surface area contributed by atoms with Crippen LogP contribution in [0.1, 0.15) is 43.5 Å². The molecular formula is C22H20Br2F9N3O4. The zero-order chi connectivity index (χ0) is 30.8. The quantitative estimate of drug-likeness (QED) is 0.154. The third-order valence-electron chi connectivity index (χ3n) is 5.20. The number of carbonyl (C=O) groups excluding carboxylic acids is 1. The number of nitrogens with zero attached hydrogens (tertiary/aromatic N) is 3. The van der Waals surface area contributed by atoms with E-state index in [4.69, 9.17) is 9.47 Å². The summed E-state index contributed by atoms with van der Waals surface area (Å²) in [5.41, 5.74) is -8.08. The number of ether oxygens (including phenoxy) is 2. The van der Waals surface area contributed by atoms with Gasteiger partial charge in [-0.2, -0.15) is 39.5 Å². The standard InChI is InChI=1S/C22H20Br2F9N3O4/c1-4-6-7-35-16(37)14(24)15(22(31,32)33)34-19(35)36(17(39-3)18(38)40-5-2)12-9-10(20(25,26)27)8-11(13(12)23)21(28,29)30/h8-9,17H,4-7H2,1-3H3. The molecule has 0 aliphatic carbocycles. The number of unbranched alkanes of at least 4 members (excludes halogenated alkanes) is 1. The molecule has 2 rings (SSSR count).